The summed E-state index contributed by atoms with van der Waals surface area (Å²) in [6.07, 6.45) is 8.23. The fraction of sp³-hybridized carbons (Fsp3) is 0.667. The first kappa shape index (κ1) is 15.2. The predicted octanol–water partition coefficient (Wildman–Crippen LogP) is 5.11. The molecule has 5 heteroatoms. The van der Waals surface area contributed by atoms with Crippen LogP contribution in [0.3, 0.4) is 0 Å². The van der Waals surface area contributed by atoms with Gasteiger partial charge < -0.3 is 0 Å². The Labute approximate surface area is 141 Å². The minimum Gasteiger partial charge on any atom is -0.296 e. The van der Waals surface area contributed by atoms with Crippen molar-refractivity contribution in [1.82, 2.24) is 4.90 Å². The molecule has 1 aliphatic carbocycles. The number of Topliss-reactive ketones (excluding diaryl/α,β-unsaturated/α-hetero) is 1. The highest BCUT2D eigenvalue weighted by atomic mass is 79.9. The number of nitrogens with zero attached hydrogens (tertiary/aromatic N) is 1. The Balaban J connectivity index is 1.57. The van der Waals surface area contributed by atoms with E-state index >= 15 is 0 Å². The van der Waals surface area contributed by atoms with Gasteiger partial charge >= 0.3 is 0 Å². The zero-order valence-electron chi connectivity index (χ0n) is 11.5. The van der Waals surface area contributed by atoms with Crippen LogP contribution < -0.4 is 0 Å². The summed E-state index contributed by atoms with van der Waals surface area (Å²) in [7, 11) is 0. The first-order valence-corrected chi connectivity index (χ1v) is 9.69. The van der Waals surface area contributed by atoms with E-state index in [1.54, 1.807) is 11.3 Å². The monoisotopic (exact) mass is 419 g/mol. The zero-order valence-corrected chi connectivity index (χ0v) is 15.4. The lowest BCUT2D eigenvalue weighted by atomic mass is 9.77. The van der Waals surface area contributed by atoms with Crippen LogP contribution in [0.2, 0.25) is 0 Å². The smallest absolute Gasteiger partial charge is 0.178 e. The van der Waals surface area contributed by atoms with Crippen molar-refractivity contribution in [2.24, 2.45) is 5.41 Å². The maximum Gasteiger partial charge on any atom is 0.178 e. The first-order chi connectivity index (χ1) is 9.58. The molecule has 2 heterocycles. The summed E-state index contributed by atoms with van der Waals surface area (Å²) in [5.74, 6) is 0.237. The van der Waals surface area contributed by atoms with Gasteiger partial charge in [-0.25, -0.2) is 0 Å². The van der Waals surface area contributed by atoms with Gasteiger partial charge in [0.05, 0.1) is 14.1 Å². The lowest BCUT2D eigenvalue weighted by Crippen LogP contribution is -2.41. The number of thiophene rings is 1. The predicted molar refractivity (Wildman–Crippen MR) is 90.6 cm³/mol. The van der Waals surface area contributed by atoms with Gasteiger partial charge in [-0.2, -0.15) is 0 Å². The van der Waals surface area contributed by atoms with Crippen LogP contribution in [0.4, 0.5) is 0 Å². The summed E-state index contributed by atoms with van der Waals surface area (Å²) in [4.78, 5) is 14.7. The van der Waals surface area contributed by atoms with Gasteiger partial charge in [-0.3, -0.25) is 9.69 Å². The van der Waals surface area contributed by atoms with Crippen molar-refractivity contribution < 1.29 is 4.79 Å². The van der Waals surface area contributed by atoms with E-state index in [-0.39, 0.29) is 5.78 Å². The molecule has 1 saturated carbocycles. The van der Waals surface area contributed by atoms with Gasteiger partial charge in [0, 0.05) is 5.56 Å². The summed E-state index contributed by atoms with van der Waals surface area (Å²) in [6.45, 7) is 2.75. The van der Waals surface area contributed by atoms with Crippen LogP contribution in [0.1, 0.15) is 48.9 Å². The first-order valence-electron chi connectivity index (χ1n) is 7.28. The third-order valence-corrected chi connectivity index (χ3v) is 7.24. The van der Waals surface area contributed by atoms with E-state index in [1.165, 1.54) is 38.5 Å². The average molecular weight is 421 g/mol. The van der Waals surface area contributed by atoms with Gasteiger partial charge in [0.1, 0.15) is 0 Å². The van der Waals surface area contributed by atoms with Crippen LogP contribution in [0, 0.1) is 5.41 Å². The van der Waals surface area contributed by atoms with E-state index in [4.69, 9.17) is 0 Å². The fourth-order valence-electron chi connectivity index (χ4n) is 3.63. The maximum absolute atomic E-state index is 12.4. The topological polar surface area (TPSA) is 20.3 Å². The Hall–Kier alpha value is 0.290. The molecule has 0 amide bonds. The van der Waals surface area contributed by atoms with Crippen LogP contribution >= 0.6 is 43.2 Å². The van der Waals surface area contributed by atoms with Crippen molar-refractivity contribution in [3.63, 3.8) is 0 Å². The molecule has 3 rings (SSSR count). The van der Waals surface area contributed by atoms with Crippen molar-refractivity contribution in [3.8, 4) is 0 Å². The molecule has 2 fully saturated rings. The van der Waals surface area contributed by atoms with Crippen molar-refractivity contribution >= 4 is 49.0 Å². The van der Waals surface area contributed by atoms with Gasteiger partial charge in [0.25, 0.3) is 0 Å². The highest BCUT2D eigenvalue weighted by Crippen LogP contribution is 2.46. The molecule has 1 saturated heterocycles. The molecule has 1 aliphatic heterocycles. The minimum atomic E-state index is 0.237. The Bertz CT molecular complexity index is 498. The Morgan fingerprint density at radius 3 is 2.40 bits per heavy atom. The normalized spacial score (nSPS) is 22.5. The molecule has 2 nitrogen and oxygen atoms in total. The molecule has 110 valence electrons. The lowest BCUT2D eigenvalue weighted by Gasteiger charge is -2.39. The Kier molecular flexibility index (Phi) is 4.70. The molecule has 20 heavy (non-hydrogen) atoms. The number of hydrogen-bond acceptors (Lipinski definition) is 3. The van der Waals surface area contributed by atoms with Crippen LogP contribution in [0.15, 0.2) is 13.6 Å². The number of carbonyl (C=O) groups is 1. The van der Waals surface area contributed by atoms with Crippen molar-refractivity contribution in [2.45, 2.75) is 38.5 Å². The van der Waals surface area contributed by atoms with Crippen molar-refractivity contribution in [3.05, 3.63) is 19.2 Å². The van der Waals surface area contributed by atoms with Crippen molar-refractivity contribution in [2.75, 3.05) is 19.6 Å². The van der Waals surface area contributed by atoms with Crippen molar-refractivity contribution in [1.29, 1.82) is 0 Å². The van der Waals surface area contributed by atoms with E-state index in [0.717, 1.165) is 26.2 Å². The minimum absolute atomic E-state index is 0.237. The van der Waals surface area contributed by atoms with Crippen LogP contribution in [0.25, 0.3) is 0 Å². The average Bonchev–Trinajstić information content (AvgIpc) is 3.00. The second kappa shape index (κ2) is 6.19. The summed E-state index contributed by atoms with van der Waals surface area (Å²) in [6, 6.07) is 1.93. The molecular weight excluding hydrogens is 402 g/mol. The van der Waals surface area contributed by atoms with Crippen LogP contribution in [-0.2, 0) is 0 Å². The summed E-state index contributed by atoms with van der Waals surface area (Å²) in [5.41, 5.74) is 1.45. The fourth-order valence-corrected chi connectivity index (χ4v) is 6.48. The molecule has 1 aromatic rings. The maximum atomic E-state index is 12.4. The number of likely N-dealkylation sites (tertiary alicyclic amines) is 1. The van der Waals surface area contributed by atoms with E-state index in [0.29, 0.717) is 12.0 Å². The highest BCUT2D eigenvalue weighted by Gasteiger charge is 2.37. The quantitative estimate of drug-likeness (QED) is 0.633. The number of halogens is 2. The highest BCUT2D eigenvalue weighted by molar-refractivity contribution is 9.12. The number of carbonyl (C=O) groups excluding carboxylic acids is 1. The molecule has 0 atom stereocenters. The van der Waals surface area contributed by atoms with Crippen LogP contribution in [-0.4, -0.2) is 30.3 Å². The molecule has 0 aromatic carbocycles. The van der Waals surface area contributed by atoms with E-state index < -0.39 is 0 Å². The molecule has 2 aliphatic rings. The summed E-state index contributed by atoms with van der Waals surface area (Å²) >= 11 is 8.49. The Morgan fingerprint density at radius 2 is 1.85 bits per heavy atom. The molecule has 1 spiro atoms. The standard InChI is InChI=1S/C15H19Br2NOS/c16-13-9-11(14(17)20-13)12(19)10-18-7-5-15(6-8-18)3-1-2-4-15/h9H,1-8,10H2. The van der Waals surface area contributed by atoms with Crippen LogP contribution in [0.5, 0.6) is 0 Å². The third kappa shape index (κ3) is 3.21. The second-order valence-corrected chi connectivity index (χ2v) is 9.89. The van der Waals surface area contributed by atoms with E-state index in [1.807, 2.05) is 6.07 Å². The van der Waals surface area contributed by atoms with Gasteiger partial charge in [-0.05, 0) is 82.1 Å². The number of ketones is 1. The molecular formula is C15H19Br2NOS. The lowest BCUT2D eigenvalue weighted by molar-refractivity contribution is 0.0797. The van der Waals surface area contributed by atoms with E-state index in [9.17, 15) is 4.79 Å². The van der Waals surface area contributed by atoms with Gasteiger partial charge in [-0.15, -0.1) is 11.3 Å². The number of piperidine rings is 1. The second-order valence-electron chi connectivity index (χ2n) is 6.14. The SMILES string of the molecule is O=C(CN1CCC2(CCCC2)CC1)c1cc(Br)sc1Br. The summed E-state index contributed by atoms with van der Waals surface area (Å²) in [5, 5.41) is 0. The van der Waals surface area contributed by atoms with Gasteiger partial charge in [0.2, 0.25) is 0 Å². The van der Waals surface area contributed by atoms with Gasteiger partial charge in [0.15, 0.2) is 5.78 Å². The van der Waals surface area contributed by atoms with E-state index in [2.05, 4.69) is 36.8 Å². The molecule has 0 radical (unpaired) electrons. The Morgan fingerprint density at radius 1 is 1.20 bits per heavy atom. The largest absolute Gasteiger partial charge is 0.296 e. The molecule has 0 bridgehead atoms. The number of hydrogen-bond donors (Lipinski definition) is 0. The molecule has 1 aromatic heterocycles. The molecule has 0 unspecified atom stereocenters. The third-order valence-electron chi connectivity index (χ3n) is 4.91. The van der Waals surface area contributed by atoms with Gasteiger partial charge in [-0.1, -0.05) is 12.8 Å². The number of rotatable bonds is 3. The molecule has 0 N–H and O–H groups in total. The zero-order chi connectivity index (χ0) is 14.2. The summed E-state index contributed by atoms with van der Waals surface area (Å²) < 4.78 is 1.95.